The van der Waals surface area contributed by atoms with E-state index in [1.165, 1.54) is 0 Å². The Morgan fingerprint density at radius 3 is 2.55 bits per heavy atom. The predicted octanol–water partition coefficient (Wildman–Crippen LogP) is 1.12. The van der Waals surface area contributed by atoms with Crippen molar-refractivity contribution in [1.82, 2.24) is 4.72 Å². The highest BCUT2D eigenvalue weighted by atomic mass is 35.5. The summed E-state index contributed by atoms with van der Waals surface area (Å²) in [4.78, 5) is 9.21. The summed E-state index contributed by atoms with van der Waals surface area (Å²) < 4.78 is 50.9. The van der Waals surface area contributed by atoms with Crippen LogP contribution >= 0.6 is 11.6 Å². The second-order valence-corrected chi connectivity index (χ2v) is 5.93. The van der Waals surface area contributed by atoms with Gasteiger partial charge in [-0.1, -0.05) is 11.6 Å². The fraction of sp³-hybridized carbons (Fsp3) is 0.333. The molecule has 0 aromatic heterocycles. The lowest BCUT2D eigenvalue weighted by molar-refractivity contribution is -0.384. The van der Waals surface area contributed by atoms with E-state index < -0.39 is 44.5 Å². The zero-order valence-electron chi connectivity index (χ0n) is 9.85. The van der Waals surface area contributed by atoms with Crippen molar-refractivity contribution in [3.63, 3.8) is 0 Å². The molecular weight excluding hydrogens is 320 g/mol. The summed E-state index contributed by atoms with van der Waals surface area (Å²) in [7, 11) is -4.32. The first kappa shape index (κ1) is 16.7. The molecule has 0 aliphatic rings. The molecule has 0 heterocycles. The van der Waals surface area contributed by atoms with Crippen LogP contribution in [0.25, 0.3) is 0 Å². The summed E-state index contributed by atoms with van der Waals surface area (Å²) in [5.74, 6) is -3.41. The molecule has 3 N–H and O–H groups in total. The summed E-state index contributed by atoms with van der Waals surface area (Å²) in [6.07, 6.45) is 0. The number of benzene rings is 1. The number of halogens is 3. The molecule has 112 valence electrons. The summed E-state index contributed by atoms with van der Waals surface area (Å²) in [6, 6.07) is 2.65. The fourth-order valence-electron chi connectivity index (χ4n) is 1.16. The van der Waals surface area contributed by atoms with Crippen LogP contribution in [0.15, 0.2) is 23.1 Å². The number of sulfonamides is 1. The first-order valence-electron chi connectivity index (χ1n) is 5.10. The maximum atomic E-state index is 12.9. The number of rotatable bonds is 6. The Balaban J connectivity index is 3.05. The molecule has 0 bridgehead atoms. The van der Waals surface area contributed by atoms with Crippen LogP contribution in [0.3, 0.4) is 0 Å². The standard InChI is InChI=1S/C9H10ClF2N3O4S/c10-7-2-1-6(3-8(7)15(16)17)20(18,19)14-5-9(11,12)4-13/h1-3,14H,4-5,13H2. The minimum absolute atomic E-state index is 0.263. The van der Waals surface area contributed by atoms with E-state index in [1.54, 1.807) is 4.72 Å². The minimum atomic E-state index is -4.32. The Bertz CT molecular complexity index is 624. The van der Waals surface area contributed by atoms with Crippen molar-refractivity contribution in [3.8, 4) is 0 Å². The molecule has 0 atom stereocenters. The lowest BCUT2D eigenvalue weighted by atomic mass is 10.3. The number of alkyl halides is 2. The smallest absolute Gasteiger partial charge is 0.289 e. The molecule has 0 radical (unpaired) electrons. The number of nitro benzene ring substituents is 1. The number of hydrogen-bond acceptors (Lipinski definition) is 5. The van der Waals surface area contributed by atoms with Gasteiger partial charge in [-0.3, -0.25) is 10.1 Å². The van der Waals surface area contributed by atoms with Gasteiger partial charge in [0.1, 0.15) is 5.02 Å². The first-order valence-corrected chi connectivity index (χ1v) is 6.97. The summed E-state index contributed by atoms with van der Waals surface area (Å²) in [5.41, 5.74) is 4.13. The number of hydrogen-bond donors (Lipinski definition) is 2. The van der Waals surface area contributed by atoms with Gasteiger partial charge in [-0.2, -0.15) is 0 Å². The van der Waals surface area contributed by atoms with E-state index in [2.05, 4.69) is 0 Å². The third-order valence-electron chi connectivity index (χ3n) is 2.24. The molecule has 0 fully saturated rings. The molecule has 0 spiro atoms. The Morgan fingerprint density at radius 2 is 2.05 bits per heavy atom. The minimum Gasteiger partial charge on any atom is -0.325 e. The van der Waals surface area contributed by atoms with Crippen LogP contribution in [0.5, 0.6) is 0 Å². The number of nitro groups is 1. The zero-order valence-corrected chi connectivity index (χ0v) is 11.4. The maximum Gasteiger partial charge on any atom is 0.289 e. The molecule has 7 nitrogen and oxygen atoms in total. The van der Waals surface area contributed by atoms with Gasteiger partial charge in [0.2, 0.25) is 10.0 Å². The predicted molar refractivity (Wildman–Crippen MR) is 67.3 cm³/mol. The molecule has 1 rings (SSSR count). The van der Waals surface area contributed by atoms with E-state index in [0.717, 1.165) is 12.1 Å². The Labute approximate surface area is 117 Å². The number of nitrogens with one attached hydrogen (secondary N) is 1. The van der Waals surface area contributed by atoms with E-state index >= 15 is 0 Å². The van der Waals surface area contributed by atoms with Crippen LogP contribution in [0.2, 0.25) is 5.02 Å². The van der Waals surface area contributed by atoms with Crippen LogP contribution in [-0.4, -0.2) is 32.4 Å². The molecule has 0 amide bonds. The fourth-order valence-corrected chi connectivity index (χ4v) is 2.42. The van der Waals surface area contributed by atoms with Gasteiger partial charge in [-0.25, -0.2) is 21.9 Å². The molecule has 11 heteroatoms. The zero-order chi connectivity index (χ0) is 15.6. The summed E-state index contributed by atoms with van der Waals surface area (Å²) in [5, 5.41) is 10.4. The van der Waals surface area contributed by atoms with Crippen molar-refractivity contribution in [3.05, 3.63) is 33.3 Å². The van der Waals surface area contributed by atoms with Gasteiger partial charge in [0.25, 0.3) is 11.6 Å². The lowest BCUT2D eigenvalue weighted by Crippen LogP contribution is -2.41. The van der Waals surface area contributed by atoms with Crippen molar-refractivity contribution in [2.24, 2.45) is 5.73 Å². The van der Waals surface area contributed by atoms with Crippen LogP contribution in [-0.2, 0) is 10.0 Å². The third-order valence-corrected chi connectivity index (χ3v) is 3.96. The maximum absolute atomic E-state index is 12.9. The second kappa shape index (κ2) is 5.95. The Hall–Kier alpha value is -1.36. The van der Waals surface area contributed by atoms with Gasteiger partial charge in [0, 0.05) is 6.07 Å². The van der Waals surface area contributed by atoms with E-state index in [-0.39, 0.29) is 5.02 Å². The van der Waals surface area contributed by atoms with Crippen LogP contribution in [0, 0.1) is 10.1 Å². The van der Waals surface area contributed by atoms with Gasteiger partial charge < -0.3 is 5.73 Å². The van der Waals surface area contributed by atoms with Crippen LogP contribution < -0.4 is 10.5 Å². The largest absolute Gasteiger partial charge is 0.325 e. The highest BCUT2D eigenvalue weighted by molar-refractivity contribution is 7.89. The molecule has 0 aliphatic carbocycles. The van der Waals surface area contributed by atoms with E-state index in [0.29, 0.717) is 6.07 Å². The average Bonchev–Trinajstić information content (AvgIpc) is 2.36. The van der Waals surface area contributed by atoms with Gasteiger partial charge in [0.05, 0.1) is 22.9 Å². The highest BCUT2D eigenvalue weighted by Crippen LogP contribution is 2.27. The van der Waals surface area contributed by atoms with Gasteiger partial charge in [-0.15, -0.1) is 0 Å². The first-order chi connectivity index (χ1) is 9.09. The van der Waals surface area contributed by atoms with E-state index in [1.807, 2.05) is 0 Å². The Kier molecular flexibility index (Phi) is 4.97. The Morgan fingerprint density at radius 1 is 1.45 bits per heavy atom. The van der Waals surface area contributed by atoms with Crippen molar-refractivity contribution in [2.75, 3.05) is 13.1 Å². The topological polar surface area (TPSA) is 115 Å². The molecule has 0 saturated carbocycles. The van der Waals surface area contributed by atoms with Crippen molar-refractivity contribution in [2.45, 2.75) is 10.8 Å². The lowest BCUT2D eigenvalue weighted by Gasteiger charge is -2.14. The summed E-state index contributed by atoms with van der Waals surface area (Å²) >= 11 is 5.52. The van der Waals surface area contributed by atoms with Crippen molar-refractivity contribution >= 4 is 27.3 Å². The number of nitrogens with zero attached hydrogens (tertiary/aromatic N) is 1. The van der Waals surface area contributed by atoms with E-state index in [4.69, 9.17) is 17.3 Å². The van der Waals surface area contributed by atoms with Crippen LogP contribution in [0.4, 0.5) is 14.5 Å². The second-order valence-electron chi connectivity index (χ2n) is 3.75. The molecule has 20 heavy (non-hydrogen) atoms. The SMILES string of the molecule is NCC(F)(F)CNS(=O)(=O)c1ccc(Cl)c([N+](=O)[O-])c1. The summed E-state index contributed by atoms with van der Waals surface area (Å²) in [6.45, 7) is -2.24. The van der Waals surface area contributed by atoms with E-state index in [9.17, 15) is 27.3 Å². The highest BCUT2D eigenvalue weighted by Gasteiger charge is 2.30. The van der Waals surface area contributed by atoms with Gasteiger partial charge in [-0.05, 0) is 12.1 Å². The third kappa shape index (κ3) is 4.07. The van der Waals surface area contributed by atoms with Gasteiger partial charge in [0.15, 0.2) is 0 Å². The van der Waals surface area contributed by atoms with Crippen molar-refractivity contribution in [1.29, 1.82) is 0 Å². The molecule has 0 aliphatic heterocycles. The van der Waals surface area contributed by atoms with Crippen molar-refractivity contribution < 1.29 is 22.1 Å². The molecule has 0 unspecified atom stereocenters. The molecule has 1 aromatic carbocycles. The molecular formula is C9H10ClF2N3O4S. The average molecular weight is 330 g/mol. The normalized spacial score (nSPS) is 12.4. The molecule has 0 saturated heterocycles. The van der Waals surface area contributed by atoms with Crippen LogP contribution in [0.1, 0.15) is 0 Å². The monoisotopic (exact) mass is 329 g/mol. The quantitative estimate of drug-likeness (QED) is 0.599. The van der Waals surface area contributed by atoms with Gasteiger partial charge >= 0.3 is 0 Å². The molecule has 1 aromatic rings. The number of nitrogens with two attached hydrogens (primary N) is 1.